The molecule has 2 aliphatic rings. The molecule has 1 aromatic rings. The predicted octanol–water partition coefficient (Wildman–Crippen LogP) is 4.50. The van der Waals surface area contributed by atoms with E-state index in [1.165, 1.54) is 25.7 Å². The summed E-state index contributed by atoms with van der Waals surface area (Å²) in [6, 6.07) is 0.465. The smallest absolute Gasteiger partial charge is 0.0561 e. The number of hydrazine groups is 1. The molecule has 130 valence electrons. The fourth-order valence-corrected chi connectivity index (χ4v) is 4.88. The maximum atomic E-state index is 2.69. The normalized spacial score (nSPS) is 23.7. The number of hydrogen-bond acceptors (Lipinski definition) is 2. The lowest BCUT2D eigenvalue weighted by Gasteiger charge is -2.47. The van der Waals surface area contributed by atoms with E-state index in [0.29, 0.717) is 6.04 Å². The maximum Gasteiger partial charge on any atom is 0.0561 e. The number of nitrogens with zero attached hydrogens (tertiary/aromatic N) is 3. The summed E-state index contributed by atoms with van der Waals surface area (Å²) in [5, 5.41) is 4.89. The van der Waals surface area contributed by atoms with Crippen LogP contribution in [0.3, 0.4) is 0 Å². The third-order valence-electron chi connectivity index (χ3n) is 5.67. The van der Waals surface area contributed by atoms with Crippen LogP contribution >= 0.6 is 0 Å². The molecule has 0 aromatic carbocycles. The molecule has 0 spiro atoms. The van der Waals surface area contributed by atoms with E-state index >= 15 is 0 Å². The van der Waals surface area contributed by atoms with E-state index in [1.807, 2.05) is 0 Å². The van der Waals surface area contributed by atoms with Gasteiger partial charge in [-0.1, -0.05) is 20.8 Å². The summed E-state index contributed by atoms with van der Waals surface area (Å²) in [4.78, 5) is 0. The first kappa shape index (κ1) is 17.0. The Morgan fingerprint density at radius 1 is 0.870 bits per heavy atom. The zero-order valence-electron chi connectivity index (χ0n) is 16.5. The lowest BCUT2D eigenvalue weighted by Crippen LogP contribution is -2.48. The SMILES string of the molecule is CN1Cc2c(c3c(n2C(C)(C)C)CCCC3)C(C(C)(C)C)N1C. The minimum Gasteiger partial charge on any atom is -0.341 e. The highest BCUT2D eigenvalue weighted by molar-refractivity contribution is 5.45. The largest absolute Gasteiger partial charge is 0.341 e. The van der Waals surface area contributed by atoms with Gasteiger partial charge < -0.3 is 4.57 Å². The molecule has 1 aliphatic carbocycles. The molecule has 3 nitrogen and oxygen atoms in total. The van der Waals surface area contributed by atoms with Crippen molar-refractivity contribution in [3.63, 3.8) is 0 Å². The molecule has 0 saturated carbocycles. The summed E-state index contributed by atoms with van der Waals surface area (Å²) in [6.45, 7) is 15.3. The van der Waals surface area contributed by atoms with Crippen molar-refractivity contribution >= 4 is 0 Å². The van der Waals surface area contributed by atoms with Crippen molar-refractivity contribution in [2.75, 3.05) is 14.1 Å². The van der Waals surface area contributed by atoms with E-state index in [4.69, 9.17) is 0 Å². The molecule has 23 heavy (non-hydrogen) atoms. The highest BCUT2D eigenvalue weighted by Crippen LogP contribution is 2.48. The zero-order chi connectivity index (χ0) is 17.2. The minimum atomic E-state index is 0.161. The Bertz CT molecular complexity index is 598. The van der Waals surface area contributed by atoms with Crippen molar-refractivity contribution in [3.05, 3.63) is 22.5 Å². The summed E-state index contributed by atoms with van der Waals surface area (Å²) in [5.74, 6) is 0. The van der Waals surface area contributed by atoms with Crippen LogP contribution in [0.1, 0.15) is 82.9 Å². The maximum absolute atomic E-state index is 2.69. The molecule has 1 atom stereocenters. The van der Waals surface area contributed by atoms with Gasteiger partial charge in [-0.05, 0) is 63.0 Å². The third-order valence-corrected chi connectivity index (χ3v) is 5.67. The van der Waals surface area contributed by atoms with Gasteiger partial charge in [-0.15, -0.1) is 0 Å². The Labute approximate surface area is 142 Å². The summed E-state index contributed by atoms with van der Waals surface area (Å²) in [6.07, 6.45) is 5.22. The van der Waals surface area contributed by atoms with Crippen LogP contribution in [0.4, 0.5) is 0 Å². The summed E-state index contributed by atoms with van der Waals surface area (Å²) in [7, 11) is 4.50. The van der Waals surface area contributed by atoms with Crippen LogP contribution in [-0.2, 0) is 24.9 Å². The van der Waals surface area contributed by atoms with Gasteiger partial charge in [0.1, 0.15) is 0 Å². The van der Waals surface area contributed by atoms with Crippen molar-refractivity contribution in [1.29, 1.82) is 0 Å². The monoisotopic (exact) mass is 317 g/mol. The van der Waals surface area contributed by atoms with Gasteiger partial charge in [-0.25, -0.2) is 10.0 Å². The Morgan fingerprint density at radius 3 is 2.04 bits per heavy atom. The van der Waals surface area contributed by atoms with Crippen LogP contribution in [0.5, 0.6) is 0 Å². The molecule has 3 rings (SSSR count). The lowest BCUT2D eigenvalue weighted by atomic mass is 9.78. The standard InChI is InChI=1S/C20H35N3/c1-19(2,3)18-17-14-11-9-10-12-15(14)23(20(4,5)6)16(17)13-21(7)22(18)8/h18H,9-13H2,1-8H3. The quantitative estimate of drug-likeness (QED) is 0.698. The second-order valence-corrected chi connectivity index (χ2v) is 9.66. The van der Waals surface area contributed by atoms with E-state index in [2.05, 4.69) is 70.2 Å². The van der Waals surface area contributed by atoms with Gasteiger partial charge in [-0.3, -0.25) is 0 Å². The molecule has 0 bridgehead atoms. The fraction of sp³-hybridized carbons (Fsp3) is 0.800. The highest BCUT2D eigenvalue weighted by Gasteiger charge is 2.43. The van der Waals surface area contributed by atoms with E-state index in [9.17, 15) is 0 Å². The highest BCUT2D eigenvalue weighted by atomic mass is 15.6. The molecule has 1 aliphatic heterocycles. The molecule has 0 amide bonds. The molecular weight excluding hydrogens is 282 g/mol. The summed E-state index contributed by atoms with van der Waals surface area (Å²) >= 11 is 0. The van der Waals surface area contributed by atoms with Gasteiger partial charge in [0.15, 0.2) is 0 Å². The van der Waals surface area contributed by atoms with Crippen LogP contribution in [0.2, 0.25) is 0 Å². The van der Waals surface area contributed by atoms with Crippen molar-refractivity contribution in [3.8, 4) is 0 Å². The summed E-state index contributed by atoms with van der Waals surface area (Å²) < 4.78 is 2.69. The Morgan fingerprint density at radius 2 is 1.48 bits per heavy atom. The molecule has 3 heteroatoms. The second-order valence-electron chi connectivity index (χ2n) is 9.66. The molecule has 1 unspecified atom stereocenters. The first-order valence-electron chi connectivity index (χ1n) is 9.23. The van der Waals surface area contributed by atoms with Crippen molar-refractivity contribution in [2.24, 2.45) is 5.41 Å². The van der Waals surface area contributed by atoms with E-state index < -0.39 is 0 Å². The Hall–Kier alpha value is -0.800. The summed E-state index contributed by atoms with van der Waals surface area (Å²) in [5.41, 5.74) is 6.93. The van der Waals surface area contributed by atoms with Gasteiger partial charge in [-0.2, -0.15) is 0 Å². The van der Waals surface area contributed by atoms with E-state index in [0.717, 1.165) is 6.54 Å². The van der Waals surface area contributed by atoms with Crippen molar-refractivity contribution in [2.45, 2.75) is 85.4 Å². The van der Waals surface area contributed by atoms with Crippen LogP contribution in [0.15, 0.2) is 0 Å². The first-order valence-corrected chi connectivity index (χ1v) is 9.23. The molecule has 0 fully saturated rings. The zero-order valence-corrected chi connectivity index (χ0v) is 16.5. The predicted molar refractivity (Wildman–Crippen MR) is 97.5 cm³/mol. The Balaban J connectivity index is 2.30. The average Bonchev–Trinajstić information content (AvgIpc) is 2.72. The van der Waals surface area contributed by atoms with Gasteiger partial charge in [0, 0.05) is 31.0 Å². The average molecular weight is 318 g/mol. The van der Waals surface area contributed by atoms with Crippen LogP contribution in [0.25, 0.3) is 0 Å². The van der Waals surface area contributed by atoms with Gasteiger partial charge in [0.2, 0.25) is 0 Å². The molecule has 0 radical (unpaired) electrons. The lowest BCUT2D eigenvalue weighted by molar-refractivity contribution is -0.0769. The number of fused-ring (bicyclic) bond motifs is 3. The van der Waals surface area contributed by atoms with Crippen molar-refractivity contribution < 1.29 is 0 Å². The van der Waals surface area contributed by atoms with Gasteiger partial charge >= 0.3 is 0 Å². The number of rotatable bonds is 0. The molecule has 2 heterocycles. The molecule has 0 N–H and O–H groups in total. The first-order chi connectivity index (χ1) is 10.5. The van der Waals surface area contributed by atoms with E-state index in [-0.39, 0.29) is 11.0 Å². The fourth-order valence-electron chi connectivity index (χ4n) is 4.88. The molecule has 1 aromatic heterocycles. The Kier molecular flexibility index (Phi) is 3.97. The van der Waals surface area contributed by atoms with Gasteiger partial charge in [0.05, 0.1) is 12.6 Å². The minimum absolute atomic E-state index is 0.161. The van der Waals surface area contributed by atoms with Crippen LogP contribution < -0.4 is 0 Å². The molecule has 0 saturated heterocycles. The topological polar surface area (TPSA) is 11.4 Å². The third kappa shape index (κ3) is 2.66. The molecular formula is C20H35N3. The van der Waals surface area contributed by atoms with Crippen molar-refractivity contribution in [1.82, 2.24) is 14.6 Å². The van der Waals surface area contributed by atoms with Gasteiger partial charge in [0.25, 0.3) is 0 Å². The van der Waals surface area contributed by atoms with Crippen LogP contribution in [-0.4, -0.2) is 28.7 Å². The van der Waals surface area contributed by atoms with E-state index in [1.54, 1.807) is 22.5 Å². The van der Waals surface area contributed by atoms with Crippen LogP contribution in [0, 0.1) is 5.41 Å². The second kappa shape index (κ2) is 5.35. The number of aromatic nitrogens is 1. The number of hydrogen-bond donors (Lipinski definition) is 0.